The third-order valence-electron chi connectivity index (χ3n) is 4.73. The Balaban J connectivity index is 2.75. The molecular weight excluding hydrogens is 338 g/mol. The van der Waals surface area contributed by atoms with Crippen LogP contribution in [0.4, 0.5) is 4.79 Å². The fraction of sp³-hybridized carbons (Fsp3) is 0.778. The molecule has 0 radical (unpaired) electrons. The number of carbonyl (C=O) groups is 3. The lowest BCUT2D eigenvalue weighted by molar-refractivity contribution is -0.141. The van der Waals surface area contributed by atoms with Crippen molar-refractivity contribution in [3.8, 4) is 0 Å². The zero-order valence-corrected chi connectivity index (χ0v) is 15.9. The van der Waals surface area contributed by atoms with E-state index in [1.54, 1.807) is 13.0 Å². The van der Waals surface area contributed by atoms with Gasteiger partial charge in [0, 0.05) is 18.9 Å². The molecule has 3 unspecified atom stereocenters. The Kier molecular flexibility index (Phi) is 7.51. The first-order valence-corrected chi connectivity index (χ1v) is 8.85. The number of aliphatic carboxylic acids is 1. The lowest BCUT2D eigenvalue weighted by Crippen LogP contribution is -2.53. The molecule has 3 atom stereocenters. The predicted octanol–water partition coefficient (Wildman–Crippen LogP) is 2.03. The quantitative estimate of drug-likeness (QED) is 0.447. The van der Waals surface area contributed by atoms with Crippen LogP contribution in [0.3, 0.4) is 0 Å². The smallest absolute Gasteiger partial charge is 0.326 e. The van der Waals surface area contributed by atoms with Crippen molar-refractivity contribution in [2.45, 2.75) is 71.9 Å². The Bertz CT molecular complexity index is 598. The highest BCUT2D eigenvalue weighted by molar-refractivity contribution is 5.88. The largest absolute Gasteiger partial charge is 0.480 e. The second-order valence-corrected chi connectivity index (χ2v) is 8.27. The number of hydrogen-bond acceptors (Lipinski definition) is 5. The summed E-state index contributed by atoms with van der Waals surface area (Å²) in [5.41, 5.74) is -0.310. The fourth-order valence-electron chi connectivity index (χ4n) is 4.04. The number of hydrogen-bond donors (Lipinski definition) is 3. The maximum atomic E-state index is 12.2. The van der Waals surface area contributed by atoms with Crippen LogP contribution in [-0.2, 0) is 14.4 Å². The Hall–Kier alpha value is -2.21. The average molecular weight is 367 g/mol. The molecule has 3 N–H and O–H groups in total. The van der Waals surface area contributed by atoms with E-state index >= 15 is 0 Å². The first kappa shape index (κ1) is 21.8. The van der Waals surface area contributed by atoms with Crippen LogP contribution >= 0.6 is 0 Å². The van der Waals surface area contributed by atoms with Gasteiger partial charge in [0.1, 0.15) is 11.8 Å². The summed E-state index contributed by atoms with van der Waals surface area (Å²) in [6.07, 6.45) is 3.76. The highest BCUT2D eigenvalue weighted by Gasteiger charge is 2.41. The Morgan fingerprint density at radius 1 is 1.27 bits per heavy atom. The standard InChI is InChI=1S/C18H29N3O5/c1-5-13(23)6-14(15(24)25)21-16(26)20-12-7-17(2,3)9-18(4,8-12)10-19-11-22/h12,14H,5-10H2,1-4H3,(H,24,25)(H2,20,21,26). The summed E-state index contributed by atoms with van der Waals surface area (Å²) in [5.74, 6) is -1.47. The Labute approximate surface area is 153 Å². The molecule has 8 nitrogen and oxygen atoms in total. The lowest BCUT2D eigenvalue weighted by Gasteiger charge is -2.46. The van der Waals surface area contributed by atoms with Gasteiger partial charge < -0.3 is 15.7 Å². The molecule has 0 saturated heterocycles. The molecule has 146 valence electrons. The molecule has 0 aromatic carbocycles. The highest BCUT2D eigenvalue weighted by atomic mass is 16.4. The number of carboxylic acid groups (broad SMARTS) is 1. The Morgan fingerprint density at radius 2 is 1.92 bits per heavy atom. The molecule has 0 heterocycles. The van der Waals surface area contributed by atoms with Crippen molar-refractivity contribution in [3.05, 3.63) is 0 Å². The minimum atomic E-state index is -1.25. The number of isocyanates is 1. The van der Waals surface area contributed by atoms with Crippen LogP contribution in [0, 0.1) is 10.8 Å². The van der Waals surface area contributed by atoms with Gasteiger partial charge in [0.05, 0.1) is 6.54 Å². The first-order chi connectivity index (χ1) is 12.0. The molecule has 1 aliphatic carbocycles. The van der Waals surface area contributed by atoms with Crippen LogP contribution in [0.2, 0.25) is 0 Å². The summed E-state index contributed by atoms with van der Waals surface area (Å²) in [7, 11) is 0. The van der Waals surface area contributed by atoms with Gasteiger partial charge in [-0.15, -0.1) is 0 Å². The molecule has 0 aliphatic heterocycles. The van der Waals surface area contributed by atoms with E-state index in [0.29, 0.717) is 13.0 Å². The number of rotatable bonds is 8. The molecule has 26 heavy (non-hydrogen) atoms. The van der Waals surface area contributed by atoms with E-state index in [2.05, 4.69) is 29.5 Å². The van der Waals surface area contributed by atoms with Crippen LogP contribution in [0.5, 0.6) is 0 Å². The van der Waals surface area contributed by atoms with Gasteiger partial charge in [-0.05, 0) is 30.1 Å². The van der Waals surface area contributed by atoms with E-state index in [-0.39, 0.29) is 35.5 Å². The number of carbonyl (C=O) groups excluding carboxylic acids is 3. The molecule has 1 saturated carbocycles. The number of ketones is 1. The SMILES string of the molecule is CCC(=O)CC(NC(=O)NC1CC(C)(C)CC(C)(CN=C=O)C1)C(=O)O. The number of urea groups is 1. The number of nitrogens with zero attached hydrogens (tertiary/aromatic N) is 1. The van der Waals surface area contributed by atoms with Crippen molar-refractivity contribution < 1.29 is 24.3 Å². The number of aliphatic imine (C=N–C) groups is 1. The summed E-state index contributed by atoms with van der Waals surface area (Å²) in [5, 5.41) is 14.4. The molecule has 1 aliphatic rings. The van der Waals surface area contributed by atoms with Gasteiger partial charge >= 0.3 is 12.0 Å². The van der Waals surface area contributed by atoms with Crippen molar-refractivity contribution in [2.75, 3.05) is 6.54 Å². The zero-order chi connectivity index (χ0) is 20.0. The molecule has 0 aromatic heterocycles. The molecule has 0 aromatic rings. The van der Waals surface area contributed by atoms with Gasteiger partial charge in [-0.1, -0.05) is 27.7 Å². The van der Waals surface area contributed by atoms with Gasteiger partial charge in [-0.25, -0.2) is 19.4 Å². The van der Waals surface area contributed by atoms with Crippen LogP contribution in [0.15, 0.2) is 4.99 Å². The van der Waals surface area contributed by atoms with Gasteiger partial charge in [0.25, 0.3) is 0 Å². The van der Waals surface area contributed by atoms with Crippen LogP contribution in [-0.4, -0.2) is 47.6 Å². The monoisotopic (exact) mass is 367 g/mol. The minimum Gasteiger partial charge on any atom is -0.480 e. The minimum absolute atomic E-state index is 0.0618. The van der Waals surface area contributed by atoms with Crippen molar-refractivity contribution >= 4 is 23.9 Å². The van der Waals surface area contributed by atoms with Gasteiger partial charge in [0.15, 0.2) is 0 Å². The maximum absolute atomic E-state index is 12.2. The second-order valence-electron chi connectivity index (χ2n) is 8.27. The van der Waals surface area contributed by atoms with Crippen molar-refractivity contribution in [1.29, 1.82) is 0 Å². The summed E-state index contributed by atoms with van der Waals surface area (Å²) >= 11 is 0. The van der Waals surface area contributed by atoms with E-state index in [4.69, 9.17) is 0 Å². The van der Waals surface area contributed by atoms with Crippen molar-refractivity contribution in [2.24, 2.45) is 15.8 Å². The van der Waals surface area contributed by atoms with Gasteiger partial charge in [-0.3, -0.25) is 4.79 Å². The zero-order valence-electron chi connectivity index (χ0n) is 15.9. The van der Waals surface area contributed by atoms with Crippen LogP contribution < -0.4 is 10.6 Å². The van der Waals surface area contributed by atoms with Gasteiger partial charge in [-0.2, -0.15) is 0 Å². The third-order valence-corrected chi connectivity index (χ3v) is 4.73. The maximum Gasteiger partial charge on any atom is 0.326 e. The topological polar surface area (TPSA) is 125 Å². The molecule has 0 spiro atoms. The fourth-order valence-corrected chi connectivity index (χ4v) is 4.04. The normalized spacial score (nSPS) is 25.5. The summed E-state index contributed by atoms with van der Waals surface area (Å²) in [4.78, 5) is 49.2. The van der Waals surface area contributed by atoms with Crippen molar-refractivity contribution in [1.82, 2.24) is 10.6 Å². The van der Waals surface area contributed by atoms with E-state index in [1.807, 2.05) is 6.92 Å². The van der Waals surface area contributed by atoms with E-state index in [9.17, 15) is 24.3 Å². The summed E-state index contributed by atoms with van der Waals surface area (Å²) in [6.45, 7) is 8.17. The highest BCUT2D eigenvalue weighted by Crippen LogP contribution is 2.46. The second kappa shape index (κ2) is 8.94. The molecular formula is C18H29N3O5. The Morgan fingerprint density at radius 3 is 2.46 bits per heavy atom. The molecule has 1 rings (SSSR count). The first-order valence-electron chi connectivity index (χ1n) is 8.85. The third kappa shape index (κ3) is 6.96. The summed E-state index contributed by atoms with van der Waals surface area (Å²) in [6, 6.07) is -2.03. The number of Topliss-reactive ketones (excluding diaryl/α,β-unsaturated/α-hetero) is 1. The van der Waals surface area contributed by atoms with E-state index in [1.165, 1.54) is 0 Å². The summed E-state index contributed by atoms with van der Waals surface area (Å²) < 4.78 is 0. The number of amides is 2. The number of carboxylic acids is 1. The van der Waals surface area contributed by atoms with E-state index < -0.39 is 18.0 Å². The molecule has 8 heteroatoms. The molecule has 2 amide bonds. The van der Waals surface area contributed by atoms with Crippen LogP contribution in [0.25, 0.3) is 0 Å². The number of nitrogens with one attached hydrogen (secondary N) is 2. The molecule has 0 bridgehead atoms. The predicted molar refractivity (Wildman–Crippen MR) is 95.5 cm³/mol. The molecule has 1 fully saturated rings. The van der Waals surface area contributed by atoms with E-state index in [0.717, 1.165) is 12.8 Å². The lowest BCUT2D eigenvalue weighted by atomic mass is 9.62. The van der Waals surface area contributed by atoms with Gasteiger partial charge in [0.2, 0.25) is 6.08 Å². The van der Waals surface area contributed by atoms with Crippen LogP contribution in [0.1, 0.15) is 59.8 Å². The van der Waals surface area contributed by atoms with Crippen molar-refractivity contribution in [3.63, 3.8) is 0 Å². The average Bonchev–Trinajstić information content (AvgIpc) is 2.49.